The van der Waals surface area contributed by atoms with Crippen LogP contribution < -0.4 is 4.74 Å². The molecule has 13 heavy (non-hydrogen) atoms. The quantitative estimate of drug-likeness (QED) is 0.709. The summed E-state index contributed by atoms with van der Waals surface area (Å²) in [5, 5.41) is 0. The van der Waals surface area contributed by atoms with Crippen molar-refractivity contribution in [2.45, 2.75) is 33.6 Å². The summed E-state index contributed by atoms with van der Waals surface area (Å²) in [4.78, 5) is 4.26. The summed E-state index contributed by atoms with van der Waals surface area (Å²) in [6.45, 7) is 7.02. The molecule has 0 aliphatic rings. The molecule has 0 aromatic carbocycles. The first-order valence-corrected chi connectivity index (χ1v) is 4.86. The maximum absolute atomic E-state index is 5.52. The molecule has 0 amide bonds. The Morgan fingerprint density at radius 2 is 2.15 bits per heavy atom. The van der Waals surface area contributed by atoms with E-state index in [9.17, 15) is 0 Å². The number of nitrogens with zero attached hydrogens (tertiary/aromatic N) is 1. The summed E-state index contributed by atoms with van der Waals surface area (Å²) < 4.78 is 5.52. The van der Waals surface area contributed by atoms with Crippen molar-refractivity contribution in [1.82, 2.24) is 4.98 Å². The molecule has 72 valence electrons. The van der Waals surface area contributed by atoms with Crippen LogP contribution in [-0.4, -0.2) is 11.6 Å². The highest BCUT2D eigenvalue weighted by atomic mass is 16.5. The van der Waals surface area contributed by atoms with E-state index in [0.29, 0.717) is 0 Å². The van der Waals surface area contributed by atoms with Crippen LogP contribution in [0.25, 0.3) is 0 Å². The van der Waals surface area contributed by atoms with Crippen LogP contribution in [0.2, 0.25) is 0 Å². The highest BCUT2D eigenvalue weighted by Gasteiger charge is 2.02. The van der Waals surface area contributed by atoms with E-state index >= 15 is 0 Å². The third-order valence-corrected chi connectivity index (χ3v) is 1.89. The average molecular weight is 179 g/mol. The average Bonchev–Trinajstić information content (AvgIpc) is 2.16. The maximum atomic E-state index is 5.52. The standard InChI is InChI=1S/C11H17NO/c1-4-6-13-11-10(5-2)7-9(3)8-12-11/h7-8H,4-6H2,1-3H3. The SMILES string of the molecule is CCCOc1ncc(C)cc1CC. The molecule has 0 fully saturated rings. The van der Waals surface area contributed by atoms with Crippen molar-refractivity contribution in [3.63, 3.8) is 0 Å². The summed E-state index contributed by atoms with van der Waals surface area (Å²) in [6, 6.07) is 2.14. The molecule has 1 heterocycles. The molecule has 0 N–H and O–H groups in total. The van der Waals surface area contributed by atoms with E-state index in [1.807, 2.05) is 6.20 Å². The topological polar surface area (TPSA) is 22.1 Å². The van der Waals surface area contributed by atoms with E-state index in [1.165, 1.54) is 11.1 Å². The molecule has 2 nitrogen and oxygen atoms in total. The highest BCUT2D eigenvalue weighted by Crippen LogP contribution is 2.16. The molecule has 0 aliphatic heterocycles. The molecule has 1 aromatic rings. The third kappa shape index (κ3) is 2.72. The lowest BCUT2D eigenvalue weighted by atomic mass is 10.2. The van der Waals surface area contributed by atoms with Crippen molar-refractivity contribution in [1.29, 1.82) is 0 Å². The van der Waals surface area contributed by atoms with Crippen molar-refractivity contribution >= 4 is 0 Å². The second-order valence-corrected chi connectivity index (χ2v) is 3.18. The number of rotatable bonds is 4. The molecular formula is C11H17NO. The smallest absolute Gasteiger partial charge is 0.216 e. The second kappa shape index (κ2) is 4.85. The minimum absolute atomic E-state index is 0.753. The molecule has 0 atom stereocenters. The van der Waals surface area contributed by atoms with Gasteiger partial charge in [0.2, 0.25) is 5.88 Å². The van der Waals surface area contributed by atoms with Crippen molar-refractivity contribution < 1.29 is 4.74 Å². The van der Waals surface area contributed by atoms with Crippen LogP contribution in [0.1, 0.15) is 31.4 Å². The number of ether oxygens (including phenoxy) is 1. The zero-order valence-corrected chi connectivity index (χ0v) is 8.63. The van der Waals surface area contributed by atoms with Gasteiger partial charge >= 0.3 is 0 Å². The summed E-state index contributed by atoms with van der Waals surface area (Å²) in [5.74, 6) is 0.801. The van der Waals surface area contributed by atoms with Crippen LogP contribution in [0.4, 0.5) is 0 Å². The molecule has 2 heteroatoms. The van der Waals surface area contributed by atoms with E-state index in [4.69, 9.17) is 4.74 Å². The summed E-state index contributed by atoms with van der Waals surface area (Å²) in [6.07, 6.45) is 3.86. The predicted octanol–water partition coefficient (Wildman–Crippen LogP) is 2.74. The van der Waals surface area contributed by atoms with Gasteiger partial charge in [-0.3, -0.25) is 0 Å². The Hall–Kier alpha value is -1.05. The summed E-state index contributed by atoms with van der Waals surface area (Å²) in [5.41, 5.74) is 2.40. The van der Waals surface area contributed by atoms with E-state index in [2.05, 4.69) is 31.8 Å². The van der Waals surface area contributed by atoms with Crippen molar-refractivity contribution in [2.75, 3.05) is 6.61 Å². The lowest BCUT2D eigenvalue weighted by Crippen LogP contribution is -2.01. The van der Waals surface area contributed by atoms with Gasteiger partial charge in [-0.1, -0.05) is 13.8 Å². The molecule has 0 bridgehead atoms. The van der Waals surface area contributed by atoms with Gasteiger partial charge in [-0.2, -0.15) is 0 Å². The number of hydrogen-bond acceptors (Lipinski definition) is 2. The molecule has 1 rings (SSSR count). The Morgan fingerprint density at radius 3 is 2.77 bits per heavy atom. The van der Waals surface area contributed by atoms with Crippen LogP contribution in [0.15, 0.2) is 12.3 Å². The fraction of sp³-hybridized carbons (Fsp3) is 0.545. The molecular weight excluding hydrogens is 162 g/mol. The van der Waals surface area contributed by atoms with Crippen LogP contribution in [-0.2, 0) is 6.42 Å². The third-order valence-electron chi connectivity index (χ3n) is 1.89. The van der Waals surface area contributed by atoms with Gasteiger partial charge in [0.15, 0.2) is 0 Å². The van der Waals surface area contributed by atoms with E-state index in [1.54, 1.807) is 0 Å². The van der Waals surface area contributed by atoms with Crippen molar-refractivity contribution in [3.05, 3.63) is 23.4 Å². The number of aryl methyl sites for hydroxylation is 2. The van der Waals surface area contributed by atoms with Gasteiger partial charge in [0.1, 0.15) is 0 Å². The predicted molar refractivity (Wildman–Crippen MR) is 54.1 cm³/mol. The van der Waals surface area contributed by atoms with Gasteiger partial charge in [-0.05, 0) is 31.4 Å². The van der Waals surface area contributed by atoms with Gasteiger partial charge in [0.05, 0.1) is 6.61 Å². The van der Waals surface area contributed by atoms with Crippen LogP contribution in [0, 0.1) is 6.92 Å². The minimum atomic E-state index is 0.753. The fourth-order valence-electron chi connectivity index (χ4n) is 1.20. The zero-order valence-electron chi connectivity index (χ0n) is 8.63. The first-order chi connectivity index (χ1) is 6.27. The van der Waals surface area contributed by atoms with Crippen LogP contribution in [0.3, 0.4) is 0 Å². The van der Waals surface area contributed by atoms with Crippen molar-refractivity contribution in [3.8, 4) is 5.88 Å². The summed E-state index contributed by atoms with van der Waals surface area (Å²) >= 11 is 0. The zero-order chi connectivity index (χ0) is 9.68. The fourth-order valence-corrected chi connectivity index (χ4v) is 1.20. The Kier molecular flexibility index (Phi) is 3.74. The van der Waals surface area contributed by atoms with Crippen LogP contribution in [0.5, 0.6) is 5.88 Å². The molecule has 0 radical (unpaired) electrons. The molecule has 0 unspecified atom stereocenters. The van der Waals surface area contributed by atoms with Gasteiger partial charge < -0.3 is 4.74 Å². The van der Waals surface area contributed by atoms with Gasteiger partial charge in [0, 0.05) is 11.8 Å². The van der Waals surface area contributed by atoms with E-state index in [0.717, 1.165) is 25.3 Å². The van der Waals surface area contributed by atoms with E-state index in [-0.39, 0.29) is 0 Å². The van der Waals surface area contributed by atoms with Gasteiger partial charge in [-0.15, -0.1) is 0 Å². The Balaban J connectivity index is 2.79. The molecule has 0 saturated heterocycles. The number of aromatic nitrogens is 1. The molecule has 1 aromatic heterocycles. The normalized spacial score (nSPS) is 10.1. The molecule has 0 aliphatic carbocycles. The monoisotopic (exact) mass is 179 g/mol. The Bertz CT molecular complexity index is 271. The van der Waals surface area contributed by atoms with Gasteiger partial charge in [-0.25, -0.2) is 4.98 Å². The lowest BCUT2D eigenvalue weighted by molar-refractivity contribution is 0.302. The first-order valence-electron chi connectivity index (χ1n) is 4.86. The minimum Gasteiger partial charge on any atom is -0.477 e. The highest BCUT2D eigenvalue weighted by molar-refractivity contribution is 5.29. The van der Waals surface area contributed by atoms with Crippen LogP contribution >= 0.6 is 0 Å². The van der Waals surface area contributed by atoms with E-state index < -0.39 is 0 Å². The Morgan fingerprint density at radius 1 is 1.38 bits per heavy atom. The Labute approximate surface area is 80.0 Å². The summed E-state index contributed by atoms with van der Waals surface area (Å²) in [7, 11) is 0. The first kappa shape index (κ1) is 10.0. The number of hydrogen-bond donors (Lipinski definition) is 0. The number of pyridine rings is 1. The van der Waals surface area contributed by atoms with Gasteiger partial charge in [0.25, 0.3) is 0 Å². The molecule has 0 spiro atoms. The second-order valence-electron chi connectivity index (χ2n) is 3.18. The molecule has 0 saturated carbocycles. The maximum Gasteiger partial charge on any atom is 0.216 e. The lowest BCUT2D eigenvalue weighted by Gasteiger charge is -2.08. The largest absolute Gasteiger partial charge is 0.477 e. The van der Waals surface area contributed by atoms with Crippen molar-refractivity contribution in [2.24, 2.45) is 0 Å².